The van der Waals surface area contributed by atoms with E-state index < -0.39 is 23.7 Å². The lowest BCUT2D eigenvalue weighted by Gasteiger charge is -2.23. The number of esters is 1. The normalized spacial score (nSPS) is 12.5. The molecule has 1 atom stereocenters. The van der Waals surface area contributed by atoms with Gasteiger partial charge in [0.25, 0.3) is 0 Å². The molecule has 0 spiro atoms. The van der Waals surface area contributed by atoms with Crippen LogP contribution < -0.4 is 5.32 Å². The lowest BCUT2D eigenvalue weighted by Crippen LogP contribution is -2.45. The smallest absolute Gasteiger partial charge is 0.408 e. The highest BCUT2D eigenvalue weighted by Gasteiger charge is 2.25. The Morgan fingerprint density at radius 2 is 1.74 bits per heavy atom. The van der Waals surface area contributed by atoms with Crippen molar-refractivity contribution < 1.29 is 34.3 Å². The summed E-state index contributed by atoms with van der Waals surface area (Å²) in [6, 6.07) is 8.37. The Hall–Kier alpha value is -2.20. The van der Waals surface area contributed by atoms with Crippen molar-refractivity contribution in [1.29, 1.82) is 0 Å². The molecule has 0 aliphatic heterocycles. The van der Waals surface area contributed by atoms with Crippen LogP contribution in [0.5, 0.6) is 0 Å². The van der Waals surface area contributed by atoms with Crippen LogP contribution in [0.4, 0.5) is 4.79 Å². The fraction of sp³-hybridized carbons (Fsp3) is 0.556. The number of unbranched alkanes of at least 4 members (excludes halogenated alkanes) is 1. The van der Waals surface area contributed by atoms with E-state index in [1.54, 1.807) is 20.8 Å². The molecule has 3 N–H and O–H groups in total. The quantitative estimate of drug-likeness (QED) is 0.320. The van der Waals surface area contributed by atoms with Crippen LogP contribution in [-0.4, -0.2) is 52.7 Å². The molecule has 1 rings (SSSR count). The van der Waals surface area contributed by atoms with Gasteiger partial charge in [-0.25, -0.2) is 9.59 Å². The van der Waals surface area contributed by atoms with Gasteiger partial charge in [0.2, 0.25) is 0 Å². The van der Waals surface area contributed by atoms with E-state index in [1.165, 1.54) is 0 Å². The lowest BCUT2D eigenvalue weighted by molar-refractivity contribution is -0.492. The maximum atomic E-state index is 12.4. The highest BCUT2D eigenvalue weighted by molar-refractivity contribution is 5.81. The van der Waals surface area contributed by atoms with Gasteiger partial charge in [-0.15, -0.1) is 0 Å². The van der Waals surface area contributed by atoms with Crippen LogP contribution in [0.2, 0.25) is 0 Å². The van der Waals surface area contributed by atoms with Crippen molar-refractivity contribution in [3.05, 3.63) is 35.9 Å². The Bertz CT molecular complexity index is 573. The van der Waals surface area contributed by atoms with Gasteiger partial charge in [0.05, 0.1) is 18.6 Å². The van der Waals surface area contributed by atoms with Crippen LogP contribution >= 0.6 is 0 Å². The minimum Gasteiger partial charge on any atom is -0.464 e. The van der Waals surface area contributed by atoms with Crippen molar-refractivity contribution in [1.82, 2.24) is 10.7 Å². The maximum absolute atomic E-state index is 12.4. The van der Waals surface area contributed by atoms with Crippen molar-refractivity contribution in [2.45, 2.75) is 51.7 Å². The summed E-state index contributed by atoms with van der Waals surface area (Å²) in [5, 5.41) is 19.0. The Morgan fingerprint density at radius 1 is 1.11 bits per heavy atom. The molecule has 0 bridgehead atoms. The van der Waals surface area contributed by atoms with E-state index >= 15 is 0 Å². The van der Waals surface area contributed by atoms with Crippen LogP contribution in [0.1, 0.15) is 39.2 Å². The summed E-state index contributed by atoms with van der Waals surface area (Å²) in [6.45, 7) is 5.38. The van der Waals surface area contributed by atoms with Crippen LogP contribution in [0.25, 0.3) is 0 Å². The summed E-state index contributed by atoms with van der Waals surface area (Å²) in [5.41, 5.74) is 0.188. The molecule has 0 aromatic heterocycles. The summed E-state index contributed by atoms with van der Waals surface area (Å²) >= 11 is 0. The van der Waals surface area contributed by atoms with E-state index in [9.17, 15) is 9.59 Å². The second-order valence-electron chi connectivity index (χ2n) is 6.85. The monoisotopic (exact) mass is 384 g/mol. The first-order chi connectivity index (χ1) is 12.7. The van der Waals surface area contributed by atoms with E-state index in [4.69, 9.17) is 19.9 Å². The number of nitrogens with zero attached hydrogens (tertiary/aromatic N) is 1. The number of ether oxygens (including phenoxy) is 2. The number of benzene rings is 1. The molecule has 1 aromatic rings. The molecule has 0 saturated carbocycles. The molecule has 9 heteroatoms. The number of nitrogens with one attached hydrogen (secondary N) is 1. The van der Waals surface area contributed by atoms with Gasteiger partial charge in [-0.3, -0.25) is 15.3 Å². The van der Waals surface area contributed by atoms with Gasteiger partial charge in [-0.2, -0.15) is 0 Å². The van der Waals surface area contributed by atoms with Crippen molar-refractivity contribution in [3.8, 4) is 0 Å². The van der Waals surface area contributed by atoms with Crippen molar-refractivity contribution in [2.24, 2.45) is 0 Å². The molecule has 1 unspecified atom stereocenters. The van der Waals surface area contributed by atoms with Crippen LogP contribution in [0, 0.1) is 0 Å². The molecule has 1 amide bonds. The van der Waals surface area contributed by atoms with Crippen LogP contribution in [0.3, 0.4) is 0 Å². The van der Waals surface area contributed by atoms with Gasteiger partial charge in [-0.05, 0) is 39.2 Å². The third-order valence-corrected chi connectivity index (χ3v) is 3.25. The summed E-state index contributed by atoms with van der Waals surface area (Å²) in [4.78, 5) is 28.8. The highest BCUT2D eigenvalue weighted by Crippen LogP contribution is 2.09. The molecule has 0 aliphatic rings. The predicted octanol–water partition coefficient (Wildman–Crippen LogP) is 2.46. The van der Waals surface area contributed by atoms with E-state index in [-0.39, 0.29) is 25.0 Å². The standard InChI is InChI=1S/C18H28N2O7/c1-18(2,3)27-17(22)19-15(13-14-9-5-4-6-10-14)16(21)25-11-7-8-12-26-20(23)24/h4-6,9-10,15,23-24H,7-8,11-13H2,1-3H3,(H,19,22). The van der Waals surface area contributed by atoms with E-state index in [2.05, 4.69) is 10.2 Å². The third kappa shape index (κ3) is 11.2. The molecule has 27 heavy (non-hydrogen) atoms. The Kier molecular flexibility index (Phi) is 9.73. The van der Waals surface area contributed by atoms with Gasteiger partial charge in [0.1, 0.15) is 11.6 Å². The summed E-state index contributed by atoms with van der Waals surface area (Å²) in [6.07, 6.45) is 0.490. The van der Waals surface area contributed by atoms with E-state index in [0.717, 1.165) is 5.56 Å². The zero-order valence-electron chi connectivity index (χ0n) is 15.9. The zero-order chi connectivity index (χ0) is 20.3. The number of hydrogen-bond acceptors (Lipinski definition) is 8. The zero-order valence-corrected chi connectivity index (χ0v) is 15.9. The molecule has 9 nitrogen and oxygen atoms in total. The number of carbonyl (C=O) groups excluding carboxylic acids is 2. The first kappa shape index (κ1) is 22.8. The average Bonchev–Trinajstić information content (AvgIpc) is 2.56. The Morgan fingerprint density at radius 3 is 2.33 bits per heavy atom. The minimum atomic E-state index is -0.885. The molecular weight excluding hydrogens is 356 g/mol. The van der Waals surface area contributed by atoms with Crippen molar-refractivity contribution in [3.63, 3.8) is 0 Å². The number of hydrogen-bond donors (Lipinski definition) is 3. The van der Waals surface area contributed by atoms with Gasteiger partial charge in [0.15, 0.2) is 0 Å². The molecular formula is C18H28N2O7. The number of alkyl carbamates (subject to hydrolysis) is 1. The second-order valence-corrected chi connectivity index (χ2v) is 6.85. The maximum Gasteiger partial charge on any atom is 0.408 e. The largest absolute Gasteiger partial charge is 0.464 e. The third-order valence-electron chi connectivity index (χ3n) is 3.25. The lowest BCUT2D eigenvalue weighted by atomic mass is 10.1. The molecule has 0 heterocycles. The molecule has 0 aliphatic carbocycles. The van der Waals surface area contributed by atoms with Gasteiger partial charge in [-0.1, -0.05) is 30.3 Å². The molecule has 0 radical (unpaired) electrons. The van der Waals surface area contributed by atoms with E-state index in [1.807, 2.05) is 30.3 Å². The predicted molar refractivity (Wildman–Crippen MR) is 94.9 cm³/mol. The second kappa shape index (κ2) is 11.5. The van der Waals surface area contributed by atoms with Crippen LogP contribution in [0.15, 0.2) is 30.3 Å². The SMILES string of the molecule is CC(C)(C)OC(=O)NC(Cc1ccccc1)C(=O)OCCCCON(O)O. The molecule has 1 aromatic carbocycles. The van der Waals surface area contributed by atoms with Crippen molar-refractivity contribution in [2.75, 3.05) is 13.2 Å². The first-order valence-corrected chi connectivity index (χ1v) is 8.68. The average molecular weight is 384 g/mol. The fourth-order valence-electron chi connectivity index (χ4n) is 2.12. The molecule has 0 fully saturated rings. The summed E-state index contributed by atoms with van der Waals surface area (Å²) in [7, 11) is 0. The number of amides is 1. The topological polar surface area (TPSA) is 118 Å². The first-order valence-electron chi connectivity index (χ1n) is 8.68. The van der Waals surface area contributed by atoms with Gasteiger partial charge in [0, 0.05) is 6.42 Å². The highest BCUT2D eigenvalue weighted by atomic mass is 17.1. The van der Waals surface area contributed by atoms with E-state index in [0.29, 0.717) is 12.8 Å². The van der Waals surface area contributed by atoms with Gasteiger partial charge >= 0.3 is 12.1 Å². The van der Waals surface area contributed by atoms with Crippen LogP contribution in [-0.2, 0) is 25.5 Å². The Labute approximate surface area is 158 Å². The Balaban J connectivity index is 2.56. The van der Waals surface area contributed by atoms with Gasteiger partial charge < -0.3 is 14.8 Å². The fourth-order valence-corrected chi connectivity index (χ4v) is 2.12. The van der Waals surface area contributed by atoms with Crippen molar-refractivity contribution >= 4 is 12.1 Å². The minimum absolute atomic E-state index is 0.0636. The number of carbonyl (C=O) groups is 2. The molecule has 152 valence electrons. The summed E-state index contributed by atoms with van der Waals surface area (Å²) in [5.74, 6) is -0.573. The summed E-state index contributed by atoms with van der Waals surface area (Å²) < 4.78 is 10.4. The number of rotatable bonds is 10. The molecule has 0 saturated heterocycles.